The molecule has 3 aliphatic carbocycles. The fourth-order valence-electron chi connectivity index (χ4n) is 10.7. The molecule has 3 N–H and O–H groups in total. The van der Waals surface area contributed by atoms with E-state index in [9.17, 15) is 34.5 Å². The quantitative estimate of drug-likeness (QED) is 0.204. The molecular formula is C46H57NO14. The Balaban J connectivity index is 1.37. The number of fused-ring (bicyclic) bond motifs is 5. The zero-order valence-electron chi connectivity index (χ0n) is 36.3. The predicted molar refractivity (Wildman–Crippen MR) is 215 cm³/mol. The third kappa shape index (κ3) is 6.96. The Kier molecular flexibility index (Phi) is 10.9. The van der Waals surface area contributed by atoms with Crippen molar-refractivity contribution >= 4 is 29.8 Å². The van der Waals surface area contributed by atoms with Crippen molar-refractivity contribution in [2.24, 2.45) is 16.7 Å². The third-order valence-electron chi connectivity index (χ3n) is 13.7. The molecule has 0 radical (unpaired) electrons. The van der Waals surface area contributed by atoms with Crippen molar-refractivity contribution in [1.82, 2.24) is 4.90 Å². The van der Waals surface area contributed by atoms with E-state index in [1.807, 2.05) is 0 Å². The molecule has 0 spiro atoms. The first-order valence-corrected chi connectivity index (χ1v) is 20.7. The normalized spacial score (nSPS) is 36.3. The Morgan fingerprint density at radius 1 is 0.902 bits per heavy atom. The lowest BCUT2D eigenvalue weighted by molar-refractivity contribution is -0.346. The van der Waals surface area contributed by atoms with Crippen LogP contribution >= 0.6 is 0 Å². The summed E-state index contributed by atoms with van der Waals surface area (Å²) in [5, 5.41) is 37.9. The van der Waals surface area contributed by atoms with Gasteiger partial charge in [-0.15, -0.1) is 0 Å². The van der Waals surface area contributed by atoms with Gasteiger partial charge >= 0.3 is 24.0 Å². The van der Waals surface area contributed by atoms with Crippen LogP contribution in [-0.2, 0) is 42.8 Å². The number of esters is 3. The molecule has 4 fully saturated rings. The molecule has 330 valence electrons. The van der Waals surface area contributed by atoms with Crippen molar-refractivity contribution < 1.29 is 67.7 Å². The summed E-state index contributed by atoms with van der Waals surface area (Å²) in [4.78, 5) is 72.2. The lowest BCUT2D eigenvalue weighted by Gasteiger charge is -2.67. The van der Waals surface area contributed by atoms with E-state index in [4.69, 9.17) is 28.4 Å². The van der Waals surface area contributed by atoms with Gasteiger partial charge in [-0.25, -0.2) is 14.4 Å². The lowest BCUT2D eigenvalue weighted by Crippen LogP contribution is -2.81. The molecule has 2 saturated carbocycles. The summed E-state index contributed by atoms with van der Waals surface area (Å²) in [6.45, 7) is 15.5. The van der Waals surface area contributed by atoms with Gasteiger partial charge in [0.1, 0.15) is 47.4 Å². The summed E-state index contributed by atoms with van der Waals surface area (Å²) in [6, 6.07) is 15.7. The minimum absolute atomic E-state index is 0.00661. The Bertz CT molecular complexity index is 2130. The molecule has 15 heteroatoms. The van der Waals surface area contributed by atoms with Crippen molar-refractivity contribution in [3.05, 3.63) is 82.9 Å². The number of Topliss-reactive ketones (excluding diaryl/α,β-unsaturated/α-hetero) is 1. The van der Waals surface area contributed by atoms with Crippen LogP contribution in [0.1, 0.15) is 104 Å². The maximum atomic E-state index is 15.1. The van der Waals surface area contributed by atoms with Gasteiger partial charge < -0.3 is 43.7 Å². The van der Waals surface area contributed by atoms with E-state index in [1.165, 1.54) is 30.9 Å². The largest absolute Gasteiger partial charge is 0.456 e. The highest BCUT2D eigenvalue weighted by Gasteiger charge is 2.78. The summed E-state index contributed by atoms with van der Waals surface area (Å²) in [5.41, 5.74) is -9.03. The summed E-state index contributed by atoms with van der Waals surface area (Å²) < 4.78 is 36.8. The van der Waals surface area contributed by atoms with Gasteiger partial charge in [0.25, 0.3) is 0 Å². The van der Waals surface area contributed by atoms with Gasteiger partial charge in [-0.1, -0.05) is 62.4 Å². The van der Waals surface area contributed by atoms with E-state index >= 15 is 4.79 Å². The average molecular weight is 848 g/mol. The molecule has 2 saturated heterocycles. The highest BCUT2D eigenvalue weighted by atomic mass is 16.6. The standard InChI is InChI=1S/C46H57NO14/c1-24-28(57-39(53)34-32(26-17-13-11-14-18-26)47(43(8,9)60-34)40(54)61-41(3,4)5)22-46(55)37(58-38(52)27-19-15-12-16-20-27)35-44(10,36(51)33(50)31(24)42(46,6)7)29(49)21-30-45(35,23-56-30)59-25(2)48/h11-20,28-30,32-35,37,49-50,55H,21-23H2,1-10H3/t28-,29?,30+,32-,33+,34+,35-,37-,44+,45-,46+/m0/s1. The number of rotatable bonds is 6. The van der Waals surface area contributed by atoms with Gasteiger partial charge in [0, 0.05) is 25.2 Å². The van der Waals surface area contributed by atoms with E-state index in [1.54, 1.807) is 104 Å². The fourth-order valence-corrected chi connectivity index (χ4v) is 10.7. The molecule has 7 rings (SSSR count). The summed E-state index contributed by atoms with van der Waals surface area (Å²) in [5.74, 6) is -4.95. The second-order valence-corrected chi connectivity index (χ2v) is 19.3. The van der Waals surface area contributed by atoms with E-state index in [2.05, 4.69) is 0 Å². The predicted octanol–water partition coefficient (Wildman–Crippen LogP) is 4.75. The molecule has 0 aromatic heterocycles. The van der Waals surface area contributed by atoms with E-state index in [-0.39, 0.29) is 29.7 Å². The van der Waals surface area contributed by atoms with Crippen molar-refractivity contribution in [3.63, 3.8) is 0 Å². The number of carbonyl (C=O) groups is 5. The van der Waals surface area contributed by atoms with Crippen molar-refractivity contribution in [1.29, 1.82) is 0 Å². The molecule has 1 amide bonds. The number of benzene rings is 2. The second-order valence-electron chi connectivity index (χ2n) is 19.3. The van der Waals surface area contributed by atoms with Crippen LogP contribution in [0.2, 0.25) is 0 Å². The fraction of sp³-hybridized carbons (Fsp3) is 0.587. The number of aliphatic hydroxyl groups excluding tert-OH is 2. The third-order valence-corrected chi connectivity index (χ3v) is 13.7. The number of hydrogen-bond donors (Lipinski definition) is 3. The van der Waals surface area contributed by atoms with Crippen LogP contribution in [0.4, 0.5) is 4.79 Å². The molecule has 2 heterocycles. The smallest absolute Gasteiger partial charge is 0.413 e. The van der Waals surface area contributed by atoms with E-state index in [0.29, 0.717) is 5.56 Å². The first-order valence-electron chi connectivity index (χ1n) is 20.7. The van der Waals surface area contributed by atoms with Crippen LogP contribution in [-0.4, -0.2) is 116 Å². The summed E-state index contributed by atoms with van der Waals surface area (Å²) in [7, 11) is 0. The number of hydrogen-bond acceptors (Lipinski definition) is 14. The maximum Gasteiger partial charge on any atom is 0.413 e. The molecule has 2 aromatic rings. The lowest BCUT2D eigenvalue weighted by atomic mass is 9.44. The van der Waals surface area contributed by atoms with Gasteiger partial charge in [-0.2, -0.15) is 0 Å². The Morgan fingerprint density at radius 2 is 1.51 bits per heavy atom. The van der Waals surface area contributed by atoms with Crippen LogP contribution in [0.3, 0.4) is 0 Å². The van der Waals surface area contributed by atoms with Crippen LogP contribution in [0.5, 0.6) is 0 Å². The number of nitrogens with zero attached hydrogens (tertiary/aromatic N) is 1. The molecule has 11 atom stereocenters. The topological polar surface area (TPSA) is 205 Å². The first kappa shape index (κ1) is 44.4. The minimum Gasteiger partial charge on any atom is -0.456 e. The maximum absolute atomic E-state index is 15.1. The first-order chi connectivity index (χ1) is 28.3. The average Bonchev–Trinajstić information content (AvgIpc) is 3.47. The van der Waals surface area contributed by atoms with E-state index < -0.39 is 118 Å². The number of ketones is 1. The number of carbonyl (C=O) groups excluding carboxylic acids is 5. The molecule has 61 heavy (non-hydrogen) atoms. The van der Waals surface area contributed by atoms with Gasteiger partial charge in [0.2, 0.25) is 0 Å². The van der Waals surface area contributed by atoms with Gasteiger partial charge in [-0.3, -0.25) is 14.5 Å². The zero-order valence-corrected chi connectivity index (χ0v) is 36.3. The SMILES string of the molecule is CC(=O)O[C@@]12CO[C@@H]1CC(O)[C@@]1(C)C(=O)[C@H](O)C3=C(C)[C@@H](OC(=O)[C@@H]4OC(C)(C)N(C(=O)OC(C)(C)C)[C@H]4c4ccccc4)C[C@@](O)([C@@H](OC(=O)c4ccccc4)[C@H]21)C3(C)C. The Hall–Kier alpha value is -4.67. The molecule has 1 unspecified atom stereocenters. The molecule has 5 aliphatic rings. The number of ether oxygens (including phenoxy) is 6. The molecule has 2 aromatic carbocycles. The molecule has 2 aliphatic heterocycles. The Labute approximate surface area is 355 Å². The van der Waals surface area contributed by atoms with Gasteiger partial charge in [0.05, 0.1) is 29.6 Å². The molecule has 15 nitrogen and oxygen atoms in total. The number of aliphatic hydroxyl groups is 3. The highest BCUT2D eigenvalue weighted by Crippen LogP contribution is 2.64. The molecular weight excluding hydrogens is 790 g/mol. The van der Waals surface area contributed by atoms with Crippen LogP contribution in [0, 0.1) is 16.7 Å². The highest BCUT2D eigenvalue weighted by molar-refractivity contribution is 5.94. The minimum atomic E-state index is -2.31. The van der Waals surface area contributed by atoms with Gasteiger partial charge in [0.15, 0.2) is 17.5 Å². The summed E-state index contributed by atoms with van der Waals surface area (Å²) >= 11 is 0. The van der Waals surface area contributed by atoms with Gasteiger partial charge in [-0.05, 0) is 77.3 Å². The van der Waals surface area contributed by atoms with Crippen LogP contribution < -0.4 is 0 Å². The van der Waals surface area contributed by atoms with Crippen LogP contribution in [0.15, 0.2) is 71.8 Å². The van der Waals surface area contributed by atoms with Crippen molar-refractivity contribution in [2.45, 2.75) is 147 Å². The summed E-state index contributed by atoms with van der Waals surface area (Å²) in [6.07, 6.45) is -10.4. The van der Waals surface area contributed by atoms with Crippen molar-refractivity contribution in [3.8, 4) is 0 Å². The van der Waals surface area contributed by atoms with Crippen LogP contribution in [0.25, 0.3) is 0 Å². The van der Waals surface area contributed by atoms with E-state index in [0.717, 1.165) is 0 Å². The van der Waals surface area contributed by atoms with Crippen molar-refractivity contribution in [2.75, 3.05) is 6.61 Å². The zero-order chi connectivity index (χ0) is 44.8. The number of amides is 1. The monoisotopic (exact) mass is 847 g/mol. The molecule has 2 bridgehead atoms. The second kappa shape index (κ2) is 15.0. The Morgan fingerprint density at radius 3 is 2.07 bits per heavy atom.